The van der Waals surface area contributed by atoms with E-state index in [1.807, 2.05) is 36.4 Å². The average Bonchev–Trinajstić information content (AvgIpc) is 3.34. The monoisotopic (exact) mass is 669 g/mol. The van der Waals surface area contributed by atoms with Crippen molar-refractivity contribution in [3.05, 3.63) is 95.1 Å². The van der Waals surface area contributed by atoms with E-state index in [-0.39, 0.29) is 37.6 Å². The fourth-order valence-corrected chi connectivity index (χ4v) is 8.61. The van der Waals surface area contributed by atoms with E-state index in [4.69, 9.17) is 14.7 Å². The van der Waals surface area contributed by atoms with Gasteiger partial charge in [-0.25, -0.2) is 5.48 Å². The van der Waals surface area contributed by atoms with E-state index in [0.29, 0.717) is 29.8 Å². The number of hydroxylamine groups is 1. The number of fused-ring (bicyclic) bond motifs is 2. The normalized spacial score (nSPS) is 26.3. The van der Waals surface area contributed by atoms with Crippen LogP contribution in [0.15, 0.2) is 72.8 Å². The molecule has 3 aromatic carbocycles. The second-order valence-electron chi connectivity index (χ2n) is 15.4. The molecule has 3 aliphatic rings. The molecule has 9 nitrogen and oxygen atoms in total. The van der Waals surface area contributed by atoms with Gasteiger partial charge in [0, 0.05) is 50.5 Å². The first-order valence-corrected chi connectivity index (χ1v) is 17.7. The SMILES string of the molecule is CC1(C)CC2CC(C)(CN2C[C@@H]2C[C@H](c3ccc(CO)cc3)O[C@H](c3ccc(-c4ccccc4CNC(=O)CCCC(=O)NO)cc3)O2)C1. The predicted octanol–water partition coefficient (Wildman–Crippen LogP) is 6.58. The number of nitrogens with zero attached hydrogens (tertiary/aromatic N) is 1. The van der Waals surface area contributed by atoms with Gasteiger partial charge < -0.3 is 19.9 Å². The molecule has 5 atom stereocenters. The molecule has 0 aromatic heterocycles. The van der Waals surface area contributed by atoms with Crippen molar-refractivity contribution in [2.45, 2.75) is 103 Å². The van der Waals surface area contributed by atoms with Crippen LogP contribution in [0.1, 0.15) is 100 Å². The second kappa shape index (κ2) is 15.1. The van der Waals surface area contributed by atoms with E-state index in [9.17, 15) is 14.7 Å². The van der Waals surface area contributed by atoms with Gasteiger partial charge >= 0.3 is 0 Å². The van der Waals surface area contributed by atoms with Crippen molar-refractivity contribution in [2.75, 3.05) is 13.1 Å². The number of carbonyl (C=O) groups is 2. The number of aliphatic hydroxyl groups is 1. The summed E-state index contributed by atoms with van der Waals surface area (Å²) < 4.78 is 13.4. The summed E-state index contributed by atoms with van der Waals surface area (Å²) in [5.41, 5.74) is 8.26. The minimum atomic E-state index is -0.522. The first-order chi connectivity index (χ1) is 23.5. The van der Waals surface area contributed by atoms with Crippen LogP contribution in [-0.2, 0) is 32.2 Å². The maximum atomic E-state index is 12.4. The summed E-state index contributed by atoms with van der Waals surface area (Å²) in [6.45, 7) is 9.65. The molecule has 2 unspecified atom stereocenters. The van der Waals surface area contributed by atoms with Gasteiger partial charge in [-0.3, -0.25) is 19.7 Å². The predicted molar refractivity (Wildman–Crippen MR) is 187 cm³/mol. The second-order valence-corrected chi connectivity index (χ2v) is 15.4. The molecule has 2 aliphatic heterocycles. The number of amides is 2. The standard InChI is InChI=1S/C40H51N3O6/c1-39(2)20-32-21-40(3,25-39)26-43(32)23-33-19-35(29-13-11-27(24-44)12-14-29)49-38(48-33)30-17-15-28(16-18-30)34-8-5-4-7-31(34)22-41-36(45)9-6-10-37(46)42-47/h4-5,7-8,11-18,32-33,35,38,44,47H,6,9-10,19-26H2,1-3H3,(H,41,45)(H,42,46)/t32?,33-,35+,38+,40?/m0/s1. The summed E-state index contributed by atoms with van der Waals surface area (Å²) in [6, 6.07) is 24.9. The van der Waals surface area contributed by atoms with Gasteiger partial charge in [-0.1, -0.05) is 93.6 Å². The first kappa shape index (κ1) is 35.2. The molecule has 3 fully saturated rings. The molecule has 0 radical (unpaired) electrons. The summed E-state index contributed by atoms with van der Waals surface area (Å²) in [7, 11) is 0. The van der Waals surface area contributed by atoms with E-state index in [1.54, 1.807) is 5.48 Å². The van der Waals surface area contributed by atoms with Crippen molar-refractivity contribution in [1.82, 2.24) is 15.7 Å². The number of rotatable bonds is 12. The number of benzene rings is 3. The fraction of sp³-hybridized carbons (Fsp3) is 0.500. The Labute approximate surface area is 290 Å². The van der Waals surface area contributed by atoms with Crippen LogP contribution in [0.4, 0.5) is 0 Å². The quantitative estimate of drug-likeness (QED) is 0.127. The number of aliphatic hydroxyl groups excluding tert-OH is 1. The third kappa shape index (κ3) is 8.77. The van der Waals surface area contributed by atoms with E-state index in [1.165, 1.54) is 19.3 Å². The summed E-state index contributed by atoms with van der Waals surface area (Å²) in [5, 5.41) is 21.2. The molecule has 262 valence electrons. The summed E-state index contributed by atoms with van der Waals surface area (Å²) >= 11 is 0. The number of hydrogen-bond donors (Lipinski definition) is 4. The zero-order valence-corrected chi connectivity index (χ0v) is 29.0. The Kier molecular flexibility index (Phi) is 10.9. The van der Waals surface area contributed by atoms with Gasteiger partial charge in [0.1, 0.15) is 0 Å². The Morgan fingerprint density at radius 3 is 2.35 bits per heavy atom. The lowest BCUT2D eigenvalue weighted by atomic mass is 9.65. The van der Waals surface area contributed by atoms with Crippen LogP contribution < -0.4 is 10.8 Å². The number of hydrogen-bond acceptors (Lipinski definition) is 7. The highest BCUT2D eigenvalue weighted by Gasteiger charge is 2.50. The molecule has 9 heteroatoms. The Bertz CT molecular complexity index is 1590. The topological polar surface area (TPSA) is 120 Å². The molecule has 2 amide bonds. The smallest absolute Gasteiger partial charge is 0.243 e. The van der Waals surface area contributed by atoms with Crippen LogP contribution in [-0.4, -0.2) is 52.3 Å². The van der Waals surface area contributed by atoms with Crippen LogP contribution in [0.2, 0.25) is 0 Å². The Morgan fingerprint density at radius 1 is 0.898 bits per heavy atom. The summed E-state index contributed by atoms with van der Waals surface area (Å²) in [6.07, 6.45) is 4.51. The van der Waals surface area contributed by atoms with Crippen molar-refractivity contribution >= 4 is 11.8 Å². The van der Waals surface area contributed by atoms with Gasteiger partial charge in [-0.2, -0.15) is 0 Å². The third-order valence-electron chi connectivity index (χ3n) is 10.5. The van der Waals surface area contributed by atoms with Crippen LogP contribution in [0.3, 0.4) is 0 Å². The zero-order chi connectivity index (χ0) is 34.6. The molecule has 0 spiro atoms. The average molecular weight is 670 g/mol. The van der Waals surface area contributed by atoms with Crippen molar-refractivity contribution in [3.8, 4) is 11.1 Å². The van der Waals surface area contributed by atoms with Crippen molar-refractivity contribution in [2.24, 2.45) is 10.8 Å². The lowest BCUT2D eigenvalue weighted by Crippen LogP contribution is -2.42. The van der Waals surface area contributed by atoms with Crippen LogP contribution in [0, 0.1) is 10.8 Å². The number of carbonyl (C=O) groups excluding carboxylic acids is 2. The molecular weight excluding hydrogens is 618 g/mol. The van der Waals surface area contributed by atoms with Gasteiger partial charge in [0.25, 0.3) is 0 Å². The zero-order valence-electron chi connectivity index (χ0n) is 29.0. The highest BCUT2D eigenvalue weighted by molar-refractivity contribution is 5.78. The van der Waals surface area contributed by atoms with E-state index >= 15 is 0 Å². The minimum Gasteiger partial charge on any atom is -0.392 e. The third-order valence-corrected chi connectivity index (χ3v) is 10.5. The van der Waals surface area contributed by atoms with Crippen LogP contribution in [0.25, 0.3) is 11.1 Å². The molecule has 3 aromatic rings. The van der Waals surface area contributed by atoms with Crippen molar-refractivity contribution in [3.63, 3.8) is 0 Å². The fourth-order valence-electron chi connectivity index (χ4n) is 8.61. The van der Waals surface area contributed by atoms with Crippen LogP contribution >= 0.6 is 0 Å². The molecule has 2 saturated heterocycles. The molecule has 6 rings (SSSR count). The highest BCUT2D eigenvalue weighted by Crippen LogP contribution is 2.53. The summed E-state index contributed by atoms with van der Waals surface area (Å²) in [5.74, 6) is -0.645. The number of ether oxygens (including phenoxy) is 2. The first-order valence-electron chi connectivity index (χ1n) is 17.7. The molecule has 49 heavy (non-hydrogen) atoms. The molecule has 4 N–H and O–H groups in total. The maximum absolute atomic E-state index is 12.4. The van der Waals surface area contributed by atoms with E-state index < -0.39 is 12.2 Å². The lowest BCUT2D eigenvalue weighted by Gasteiger charge is -2.41. The van der Waals surface area contributed by atoms with Gasteiger partial charge in [0.2, 0.25) is 11.8 Å². The molecular formula is C40H51N3O6. The number of nitrogens with one attached hydrogen (secondary N) is 2. The largest absolute Gasteiger partial charge is 0.392 e. The van der Waals surface area contributed by atoms with Gasteiger partial charge in [0.05, 0.1) is 18.8 Å². The Balaban J connectivity index is 1.16. The maximum Gasteiger partial charge on any atom is 0.243 e. The number of likely N-dealkylation sites (tertiary alicyclic amines) is 1. The molecule has 1 saturated carbocycles. The van der Waals surface area contributed by atoms with Crippen molar-refractivity contribution < 1.29 is 29.4 Å². The Hall–Kier alpha value is -3.60. The van der Waals surface area contributed by atoms with E-state index in [2.05, 4.69) is 67.4 Å². The highest BCUT2D eigenvalue weighted by atomic mass is 16.7. The summed E-state index contributed by atoms with van der Waals surface area (Å²) in [4.78, 5) is 26.3. The van der Waals surface area contributed by atoms with E-state index in [0.717, 1.165) is 52.9 Å². The van der Waals surface area contributed by atoms with Crippen LogP contribution in [0.5, 0.6) is 0 Å². The molecule has 1 aliphatic carbocycles. The minimum absolute atomic E-state index is 0.00867. The Morgan fingerprint density at radius 2 is 1.61 bits per heavy atom. The van der Waals surface area contributed by atoms with Gasteiger partial charge in [-0.05, 0) is 64.3 Å². The molecule has 2 bridgehead atoms. The molecule has 2 heterocycles. The lowest BCUT2D eigenvalue weighted by molar-refractivity contribution is -0.253. The van der Waals surface area contributed by atoms with Crippen molar-refractivity contribution in [1.29, 1.82) is 0 Å². The van der Waals surface area contributed by atoms with Gasteiger partial charge in [-0.15, -0.1) is 0 Å². The van der Waals surface area contributed by atoms with Gasteiger partial charge in [0.15, 0.2) is 6.29 Å².